The number of halogens is 1. The fraction of sp³-hybridized carbons (Fsp3) is 0.250. The lowest BCUT2D eigenvalue weighted by atomic mass is 10.6. The van der Waals surface area contributed by atoms with Gasteiger partial charge in [-0.2, -0.15) is 0 Å². The molecule has 0 aromatic rings. The summed E-state index contributed by atoms with van der Waals surface area (Å²) >= 11 is 1.71. The molecular weight excluding hydrogens is 249 g/mol. The van der Waals surface area contributed by atoms with Gasteiger partial charge in [-0.1, -0.05) is 5.11 Å². The number of methoxy groups -OCH3 is 1. The van der Waals surface area contributed by atoms with Crippen LogP contribution in [0.3, 0.4) is 0 Å². The molecule has 0 aromatic carbocycles. The number of azide groups is 1. The normalized spacial score (nSPS) is 10.0. The summed E-state index contributed by atoms with van der Waals surface area (Å²) in [6.45, 7) is 0. The molecule has 5 nitrogen and oxygen atoms in total. The molecule has 0 unspecified atom stereocenters. The summed E-state index contributed by atoms with van der Waals surface area (Å²) in [6, 6.07) is 0. The largest absolute Gasteiger partial charge is 0.465 e. The topological polar surface area (TPSA) is 75.1 Å². The summed E-state index contributed by atoms with van der Waals surface area (Å²) in [7, 11) is 1.25. The second kappa shape index (κ2) is 5.07. The second-order valence-corrected chi connectivity index (χ2v) is 2.34. The van der Waals surface area contributed by atoms with E-state index in [0.717, 1.165) is 6.20 Å². The predicted octanol–water partition coefficient (Wildman–Crippen LogP) is 1.75. The average Bonchev–Trinajstić information content (AvgIpc) is 1.98. The van der Waals surface area contributed by atoms with E-state index in [1.165, 1.54) is 7.11 Å². The lowest BCUT2D eigenvalue weighted by molar-refractivity contribution is -0.135. The van der Waals surface area contributed by atoms with Gasteiger partial charge in [-0.15, -0.1) is 0 Å². The number of hydrogen-bond donors (Lipinski definition) is 0. The molecule has 0 aromatic heterocycles. The molecule has 0 aliphatic carbocycles. The van der Waals surface area contributed by atoms with Gasteiger partial charge in [0.05, 0.1) is 7.11 Å². The Morgan fingerprint density at radius 1 is 1.90 bits per heavy atom. The van der Waals surface area contributed by atoms with Crippen molar-refractivity contribution in [3.63, 3.8) is 0 Å². The Kier molecular flexibility index (Phi) is 4.69. The number of rotatable bonds is 2. The average molecular weight is 253 g/mol. The minimum atomic E-state index is -0.506. The van der Waals surface area contributed by atoms with Crippen molar-refractivity contribution in [2.75, 3.05) is 7.11 Å². The van der Waals surface area contributed by atoms with E-state index in [1.807, 2.05) is 0 Å². The van der Waals surface area contributed by atoms with Crippen molar-refractivity contribution in [3.8, 4) is 0 Å². The third-order valence-electron chi connectivity index (χ3n) is 0.603. The zero-order valence-electron chi connectivity index (χ0n) is 5.11. The van der Waals surface area contributed by atoms with E-state index >= 15 is 0 Å². The predicted molar refractivity (Wildman–Crippen MR) is 43.3 cm³/mol. The van der Waals surface area contributed by atoms with Crippen molar-refractivity contribution in [1.29, 1.82) is 0 Å². The van der Waals surface area contributed by atoms with Gasteiger partial charge in [-0.25, -0.2) is 4.79 Å². The number of carbonyl (C=O) groups excluding carboxylic acids is 1. The number of esters is 1. The molecule has 0 bridgehead atoms. The van der Waals surface area contributed by atoms with Crippen LogP contribution >= 0.6 is 22.6 Å². The first-order valence-electron chi connectivity index (χ1n) is 2.20. The molecule has 0 N–H and O–H groups in total. The van der Waals surface area contributed by atoms with Gasteiger partial charge in [0.25, 0.3) is 0 Å². The molecule has 54 valence electrons. The van der Waals surface area contributed by atoms with Gasteiger partial charge in [0.1, 0.15) is 3.58 Å². The minimum Gasteiger partial charge on any atom is -0.465 e. The molecule has 0 aliphatic rings. The third-order valence-corrected chi connectivity index (χ3v) is 1.32. The monoisotopic (exact) mass is 253 g/mol. The Labute approximate surface area is 70.8 Å². The smallest absolute Gasteiger partial charge is 0.343 e. The van der Waals surface area contributed by atoms with Gasteiger partial charge in [0.2, 0.25) is 0 Å². The first kappa shape index (κ1) is 9.25. The van der Waals surface area contributed by atoms with E-state index in [1.54, 1.807) is 22.6 Å². The molecule has 0 fully saturated rings. The lowest BCUT2D eigenvalue weighted by Gasteiger charge is -1.92. The molecule has 0 saturated carbocycles. The lowest BCUT2D eigenvalue weighted by Crippen LogP contribution is -1.98. The van der Waals surface area contributed by atoms with Crippen LogP contribution in [-0.4, -0.2) is 13.1 Å². The highest BCUT2D eigenvalue weighted by atomic mass is 127. The van der Waals surface area contributed by atoms with Crippen molar-refractivity contribution in [3.05, 3.63) is 20.2 Å². The van der Waals surface area contributed by atoms with Gasteiger partial charge in [0.15, 0.2) is 0 Å². The van der Waals surface area contributed by atoms with Crippen LogP contribution < -0.4 is 0 Å². The molecular formula is C4H4IN3O2. The van der Waals surface area contributed by atoms with Gasteiger partial charge in [0, 0.05) is 11.1 Å². The first-order valence-corrected chi connectivity index (χ1v) is 3.28. The van der Waals surface area contributed by atoms with Crippen molar-refractivity contribution >= 4 is 28.6 Å². The van der Waals surface area contributed by atoms with E-state index < -0.39 is 5.97 Å². The fourth-order valence-electron chi connectivity index (χ4n) is 0.227. The summed E-state index contributed by atoms with van der Waals surface area (Å²) in [4.78, 5) is 13.0. The van der Waals surface area contributed by atoms with E-state index in [0.29, 0.717) is 0 Å². The summed E-state index contributed by atoms with van der Waals surface area (Å²) in [5.74, 6) is -0.506. The zero-order chi connectivity index (χ0) is 7.98. The maximum atomic E-state index is 10.5. The standard InChI is InChI=1S/C4H4IN3O2/c1-10-4(9)3(5)2-7-8-6/h2H,1H3/b3-2-. The zero-order valence-corrected chi connectivity index (χ0v) is 7.27. The summed E-state index contributed by atoms with van der Waals surface area (Å²) in [5, 5.41) is 3.05. The maximum Gasteiger partial charge on any atom is 0.343 e. The quantitative estimate of drug-likeness (QED) is 0.188. The molecule has 0 heterocycles. The Bertz CT molecular complexity index is 207. The summed E-state index contributed by atoms with van der Waals surface area (Å²) < 4.78 is 4.56. The number of hydrogen-bond acceptors (Lipinski definition) is 3. The molecule has 0 amide bonds. The Morgan fingerprint density at radius 3 is 2.90 bits per heavy atom. The van der Waals surface area contributed by atoms with E-state index in [9.17, 15) is 4.79 Å². The van der Waals surface area contributed by atoms with Gasteiger partial charge in [-0.05, 0) is 28.1 Å². The van der Waals surface area contributed by atoms with Crippen LogP contribution in [-0.2, 0) is 9.53 Å². The Morgan fingerprint density at radius 2 is 2.50 bits per heavy atom. The summed E-state index contributed by atoms with van der Waals surface area (Å²) in [6.07, 6.45) is 1.09. The highest BCUT2D eigenvalue weighted by Crippen LogP contribution is 2.07. The minimum absolute atomic E-state index is 0.248. The van der Waals surface area contributed by atoms with Gasteiger partial charge >= 0.3 is 5.97 Å². The van der Waals surface area contributed by atoms with E-state index in [-0.39, 0.29) is 3.58 Å². The van der Waals surface area contributed by atoms with E-state index in [2.05, 4.69) is 14.8 Å². The molecule has 0 radical (unpaired) electrons. The number of ether oxygens (including phenoxy) is 1. The van der Waals surface area contributed by atoms with Crippen LogP contribution in [0.5, 0.6) is 0 Å². The van der Waals surface area contributed by atoms with Crippen LogP contribution in [0, 0.1) is 0 Å². The molecule has 0 spiro atoms. The van der Waals surface area contributed by atoms with Crippen LogP contribution in [0.2, 0.25) is 0 Å². The SMILES string of the molecule is COC(=O)/C(I)=C/N=[N+]=[N-]. The Hall–Kier alpha value is -0.750. The highest BCUT2D eigenvalue weighted by Gasteiger charge is 2.01. The first-order chi connectivity index (χ1) is 4.72. The van der Waals surface area contributed by atoms with Gasteiger partial charge in [-0.3, -0.25) is 0 Å². The van der Waals surface area contributed by atoms with Crippen molar-refractivity contribution < 1.29 is 9.53 Å². The van der Waals surface area contributed by atoms with Crippen molar-refractivity contribution in [2.45, 2.75) is 0 Å². The van der Waals surface area contributed by atoms with Crippen LogP contribution in [0.1, 0.15) is 0 Å². The van der Waals surface area contributed by atoms with Crippen LogP contribution in [0.4, 0.5) is 0 Å². The van der Waals surface area contributed by atoms with Crippen molar-refractivity contribution in [2.24, 2.45) is 5.11 Å². The maximum absolute atomic E-state index is 10.5. The molecule has 0 rings (SSSR count). The third kappa shape index (κ3) is 3.31. The number of carbonyl (C=O) groups is 1. The Balaban J connectivity index is 4.18. The fourth-order valence-corrected chi connectivity index (χ4v) is 0.571. The highest BCUT2D eigenvalue weighted by molar-refractivity contribution is 14.1. The van der Waals surface area contributed by atoms with Crippen LogP contribution in [0.25, 0.3) is 10.4 Å². The van der Waals surface area contributed by atoms with Gasteiger partial charge < -0.3 is 4.74 Å². The van der Waals surface area contributed by atoms with E-state index in [4.69, 9.17) is 5.53 Å². The molecule has 10 heavy (non-hydrogen) atoms. The molecule has 0 atom stereocenters. The molecule has 0 saturated heterocycles. The molecule has 6 heteroatoms. The number of nitrogens with zero attached hydrogens (tertiary/aromatic N) is 3. The summed E-state index contributed by atoms with van der Waals surface area (Å²) in [5.41, 5.74) is 7.83. The van der Waals surface area contributed by atoms with Crippen LogP contribution in [0.15, 0.2) is 14.9 Å². The van der Waals surface area contributed by atoms with Crippen molar-refractivity contribution in [1.82, 2.24) is 0 Å². The molecule has 0 aliphatic heterocycles. The second-order valence-electron chi connectivity index (χ2n) is 1.17.